The van der Waals surface area contributed by atoms with Gasteiger partial charge in [0.2, 0.25) is 0 Å². The van der Waals surface area contributed by atoms with E-state index in [9.17, 15) is 4.79 Å². The highest BCUT2D eigenvalue weighted by Crippen LogP contribution is 2.14. The van der Waals surface area contributed by atoms with E-state index in [-0.39, 0.29) is 5.97 Å². The van der Waals surface area contributed by atoms with Crippen molar-refractivity contribution < 1.29 is 9.53 Å². The van der Waals surface area contributed by atoms with Crippen molar-refractivity contribution in [3.63, 3.8) is 0 Å². The van der Waals surface area contributed by atoms with Crippen molar-refractivity contribution in [2.24, 2.45) is 0 Å². The number of unbranched alkanes of at least 4 members (excludes halogenated alkanes) is 15. The van der Waals surface area contributed by atoms with Gasteiger partial charge in [-0.1, -0.05) is 159 Å². The summed E-state index contributed by atoms with van der Waals surface area (Å²) in [6, 6.07) is 8.02. The monoisotopic (exact) mass is 536 g/mol. The maximum atomic E-state index is 11.2. The molecule has 0 saturated carbocycles. The van der Waals surface area contributed by atoms with Gasteiger partial charge in [0.05, 0.1) is 12.9 Å². The molecule has 0 saturated heterocycles. The minimum absolute atomic E-state index is 0.254. The zero-order chi connectivity index (χ0) is 28.8. The lowest BCUT2D eigenvalue weighted by atomic mass is 10.0. The molecule has 0 fully saturated rings. The Morgan fingerprint density at radius 2 is 1.23 bits per heavy atom. The van der Waals surface area contributed by atoms with Crippen LogP contribution in [0.2, 0.25) is 0 Å². The molecule has 1 aromatic heterocycles. The molecule has 0 aliphatic carbocycles. The summed E-state index contributed by atoms with van der Waals surface area (Å²) in [4.78, 5) is 17.6. The normalized spacial score (nSPS) is 9.90. The van der Waals surface area contributed by atoms with E-state index in [0.29, 0.717) is 12.2 Å². The maximum Gasteiger partial charge on any atom is 0.333 e. The lowest BCUT2D eigenvalue weighted by Crippen LogP contribution is -2.05. The van der Waals surface area contributed by atoms with E-state index in [4.69, 9.17) is 4.74 Å². The molecule has 0 aliphatic rings. The van der Waals surface area contributed by atoms with Crippen LogP contribution in [0.5, 0.6) is 0 Å². The minimum atomic E-state index is -0.254. The zero-order valence-corrected chi connectivity index (χ0v) is 25.1. The van der Waals surface area contributed by atoms with Crippen LogP contribution in [0.3, 0.4) is 0 Å². The summed E-state index contributed by atoms with van der Waals surface area (Å²) in [7, 11) is 0. The Labute approximate surface area is 240 Å². The van der Waals surface area contributed by atoms with E-state index in [0.717, 1.165) is 17.5 Å². The number of nitrogens with zero attached hydrogens (tertiary/aromatic N) is 1. The van der Waals surface area contributed by atoms with Crippen LogP contribution >= 0.6 is 0 Å². The van der Waals surface area contributed by atoms with Crippen molar-refractivity contribution in [1.29, 1.82) is 0 Å². The molecular formula is C35H56N2O2. The number of hydrogen-bond acceptors (Lipinski definition) is 3. The number of carbonyl (C=O) groups excluding carboxylic acids is 1. The molecule has 2 aromatic rings. The predicted molar refractivity (Wildman–Crippen MR) is 171 cm³/mol. The van der Waals surface area contributed by atoms with Crippen molar-refractivity contribution in [3.05, 3.63) is 79.4 Å². The van der Waals surface area contributed by atoms with Crippen LogP contribution in [0.1, 0.15) is 128 Å². The van der Waals surface area contributed by atoms with E-state index in [2.05, 4.69) is 36.6 Å². The number of esters is 1. The minimum Gasteiger partial charge on any atom is -0.462 e. The summed E-state index contributed by atoms with van der Waals surface area (Å²) < 4.78 is 5.08. The first-order chi connectivity index (χ1) is 19.1. The fraction of sp³-hybridized carbons (Fsp3) is 0.543. The van der Waals surface area contributed by atoms with Crippen molar-refractivity contribution >= 4 is 18.1 Å². The number of hydrogen-bond donors (Lipinski definition) is 1. The van der Waals surface area contributed by atoms with Gasteiger partial charge in [0.25, 0.3) is 0 Å². The Morgan fingerprint density at radius 1 is 0.795 bits per heavy atom. The Balaban J connectivity index is 0.000000770. The van der Waals surface area contributed by atoms with Crippen molar-refractivity contribution in [2.75, 3.05) is 6.61 Å². The molecule has 0 bridgehead atoms. The number of ether oxygens (including phenoxy) is 1. The van der Waals surface area contributed by atoms with Gasteiger partial charge in [0.15, 0.2) is 0 Å². The summed E-state index contributed by atoms with van der Waals surface area (Å²) in [5, 5.41) is 0. The van der Waals surface area contributed by atoms with Gasteiger partial charge < -0.3 is 9.72 Å². The first-order valence-electron chi connectivity index (χ1n) is 15.2. The van der Waals surface area contributed by atoms with Gasteiger partial charge in [-0.05, 0) is 24.5 Å². The van der Waals surface area contributed by atoms with Crippen LogP contribution < -0.4 is 0 Å². The van der Waals surface area contributed by atoms with E-state index >= 15 is 0 Å². The Kier molecular flexibility index (Phi) is 26.1. The fourth-order valence-corrected chi connectivity index (χ4v) is 4.04. The third-order valence-electron chi connectivity index (χ3n) is 6.42. The molecule has 0 amide bonds. The van der Waals surface area contributed by atoms with Gasteiger partial charge in [0.1, 0.15) is 0 Å². The zero-order valence-electron chi connectivity index (χ0n) is 25.1. The van der Waals surface area contributed by atoms with E-state index in [1.165, 1.54) is 96.3 Å². The van der Waals surface area contributed by atoms with Gasteiger partial charge >= 0.3 is 5.97 Å². The third kappa shape index (κ3) is 23.9. The summed E-state index contributed by atoms with van der Waals surface area (Å²) in [6.45, 7) is 15.5. The molecule has 0 spiro atoms. The molecule has 0 atom stereocenters. The quantitative estimate of drug-likeness (QED) is 0.104. The summed E-state index contributed by atoms with van der Waals surface area (Å²) >= 11 is 0. The van der Waals surface area contributed by atoms with Crippen LogP contribution in [0.4, 0.5) is 0 Å². The van der Waals surface area contributed by atoms with Gasteiger partial charge in [0, 0.05) is 18.0 Å². The van der Waals surface area contributed by atoms with Crippen LogP contribution in [0.25, 0.3) is 12.2 Å². The second-order valence-electron chi connectivity index (χ2n) is 10.0. The number of rotatable bonds is 20. The largest absolute Gasteiger partial charge is 0.462 e. The van der Waals surface area contributed by atoms with E-state index < -0.39 is 0 Å². The molecule has 0 aliphatic heterocycles. The standard InChI is InChI=1S/C22H42O2.C10H10.C3H4N2/c1-4-5-6-7-8-9-10-11-12-13-14-15-16-17-18-19-20-24-22(23)21(2)3;1-3-9-7-5-6-8-10(9)4-2;1-2-5-3-4-1/h2,4-20H2,1,3H3;3-8H,1-2H2;1-3H,(H,4,5). The van der Waals surface area contributed by atoms with Gasteiger partial charge in [-0.2, -0.15) is 0 Å². The number of H-pyrrole nitrogens is 1. The average molecular weight is 537 g/mol. The molecule has 0 unspecified atom stereocenters. The maximum absolute atomic E-state index is 11.2. The topological polar surface area (TPSA) is 55.0 Å². The average Bonchev–Trinajstić information content (AvgIpc) is 3.55. The number of nitrogens with one attached hydrogen (secondary N) is 1. The number of benzene rings is 1. The number of aromatic amines is 1. The molecule has 4 heteroatoms. The second-order valence-corrected chi connectivity index (χ2v) is 10.0. The first-order valence-corrected chi connectivity index (χ1v) is 15.2. The molecule has 39 heavy (non-hydrogen) atoms. The molecular weight excluding hydrogens is 480 g/mol. The van der Waals surface area contributed by atoms with Crippen molar-refractivity contribution in [2.45, 2.75) is 117 Å². The Morgan fingerprint density at radius 3 is 1.54 bits per heavy atom. The van der Waals surface area contributed by atoms with Crippen LogP contribution in [-0.2, 0) is 9.53 Å². The molecule has 1 heterocycles. The lowest BCUT2D eigenvalue weighted by Gasteiger charge is -2.05. The van der Waals surface area contributed by atoms with E-state index in [1.807, 2.05) is 36.4 Å². The number of carbonyl (C=O) groups is 1. The molecule has 1 N–H and O–H groups in total. The summed E-state index contributed by atoms with van der Waals surface area (Å²) in [6.07, 6.45) is 30.5. The predicted octanol–water partition coefficient (Wildman–Crippen LogP) is 10.7. The van der Waals surface area contributed by atoms with Crippen LogP contribution in [-0.4, -0.2) is 22.5 Å². The molecule has 1 aromatic carbocycles. The van der Waals surface area contributed by atoms with E-state index in [1.54, 1.807) is 25.6 Å². The summed E-state index contributed by atoms with van der Waals surface area (Å²) in [5.74, 6) is -0.254. The van der Waals surface area contributed by atoms with Gasteiger partial charge in [-0.15, -0.1) is 0 Å². The first kappa shape index (κ1) is 36.1. The molecule has 0 radical (unpaired) electrons. The fourth-order valence-electron chi connectivity index (χ4n) is 4.04. The van der Waals surface area contributed by atoms with Crippen molar-refractivity contribution in [3.8, 4) is 0 Å². The van der Waals surface area contributed by atoms with Gasteiger partial charge in [-0.25, -0.2) is 9.78 Å². The Hall–Kier alpha value is -2.88. The van der Waals surface area contributed by atoms with Crippen LogP contribution in [0.15, 0.2) is 68.3 Å². The lowest BCUT2D eigenvalue weighted by molar-refractivity contribution is -0.139. The Bertz CT molecular complexity index is 798. The highest BCUT2D eigenvalue weighted by molar-refractivity contribution is 5.86. The molecule has 218 valence electrons. The van der Waals surface area contributed by atoms with Crippen molar-refractivity contribution in [1.82, 2.24) is 9.97 Å². The van der Waals surface area contributed by atoms with Gasteiger partial charge in [-0.3, -0.25) is 0 Å². The third-order valence-corrected chi connectivity index (χ3v) is 6.42. The highest BCUT2D eigenvalue weighted by Gasteiger charge is 2.01. The summed E-state index contributed by atoms with van der Waals surface area (Å²) in [5.41, 5.74) is 2.77. The number of imidazole rings is 1. The van der Waals surface area contributed by atoms with Crippen LogP contribution in [0, 0.1) is 0 Å². The smallest absolute Gasteiger partial charge is 0.333 e. The molecule has 2 rings (SSSR count). The highest BCUT2D eigenvalue weighted by atomic mass is 16.5. The SMILES string of the molecule is C=C(C)C(=O)OCCCCCCCCCCCCCCCCCC.C=Cc1ccccc1C=C.c1c[nH]cn1. The number of aromatic nitrogens is 2. The second kappa shape index (κ2) is 28.1. The molecule has 4 nitrogen and oxygen atoms in total.